The topological polar surface area (TPSA) is 70.5 Å². The summed E-state index contributed by atoms with van der Waals surface area (Å²) in [7, 11) is 0. The fraction of sp³-hybridized carbons (Fsp3) is 0.0714. The van der Waals surface area contributed by atoms with Gasteiger partial charge < -0.3 is 5.11 Å². The zero-order chi connectivity index (χ0) is 14.5. The predicted molar refractivity (Wildman–Crippen MR) is 75.0 cm³/mol. The largest absolute Gasteiger partial charge is 0.480 e. The van der Waals surface area contributed by atoms with Crippen LogP contribution in [0.3, 0.4) is 0 Å². The normalized spacial score (nSPS) is 10.1. The number of aliphatic carboxylic acids is 1. The third-order valence-electron chi connectivity index (χ3n) is 2.55. The highest BCUT2D eigenvalue weighted by atomic mass is 35.5. The number of amides is 1. The van der Waals surface area contributed by atoms with Gasteiger partial charge in [0.1, 0.15) is 12.2 Å². The van der Waals surface area contributed by atoms with Crippen LogP contribution < -0.4 is 4.90 Å². The number of benzene rings is 1. The number of hydrogen-bond acceptors (Lipinski definition) is 3. The molecule has 0 atom stereocenters. The van der Waals surface area contributed by atoms with E-state index in [4.69, 9.17) is 16.7 Å². The Balaban J connectivity index is 2.36. The monoisotopic (exact) mass is 290 g/mol. The van der Waals surface area contributed by atoms with Crippen molar-refractivity contribution < 1.29 is 14.7 Å². The molecule has 0 bridgehead atoms. The quantitative estimate of drug-likeness (QED) is 0.939. The van der Waals surface area contributed by atoms with Gasteiger partial charge in [0.15, 0.2) is 0 Å². The number of carboxylic acids is 1. The average Bonchev–Trinajstić information content (AvgIpc) is 2.45. The molecule has 102 valence electrons. The molecule has 1 N–H and O–H groups in total. The van der Waals surface area contributed by atoms with Crippen molar-refractivity contribution in [3.05, 3.63) is 59.4 Å². The van der Waals surface area contributed by atoms with E-state index in [0.29, 0.717) is 10.7 Å². The lowest BCUT2D eigenvalue weighted by molar-refractivity contribution is -0.135. The number of carboxylic acid groups (broad SMARTS) is 1. The van der Waals surface area contributed by atoms with Gasteiger partial charge in [-0.2, -0.15) is 0 Å². The van der Waals surface area contributed by atoms with Crippen LogP contribution in [0.4, 0.5) is 5.69 Å². The van der Waals surface area contributed by atoms with Gasteiger partial charge in [0.2, 0.25) is 0 Å². The van der Waals surface area contributed by atoms with Gasteiger partial charge in [0.05, 0.1) is 0 Å². The Labute approximate surface area is 120 Å². The molecular formula is C14H11ClN2O3. The number of rotatable bonds is 4. The summed E-state index contributed by atoms with van der Waals surface area (Å²) in [6, 6.07) is 11.5. The van der Waals surface area contributed by atoms with Crippen molar-refractivity contribution in [3.8, 4) is 0 Å². The summed E-state index contributed by atoms with van der Waals surface area (Å²) in [5, 5.41) is 9.32. The SMILES string of the molecule is O=C(O)CN(C(=O)c1cc(Cl)ccn1)c1ccccc1. The van der Waals surface area contributed by atoms with Crippen molar-refractivity contribution in [2.45, 2.75) is 0 Å². The fourth-order valence-electron chi connectivity index (χ4n) is 1.68. The lowest BCUT2D eigenvalue weighted by Gasteiger charge is -2.20. The second-order valence-corrected chi connectivity index (χ2v) is 4.42. The van der Waals surface area contributed by atoms with Gasteiger partial charge in [-0.05, 0) is 24.3 Å². The zero-order valence-electron chi connectivity index (χ0n) is 10.4. The molecule has 5 nitrogen and oxygen atoms in total. The third kappa shape index (κ3) is 3.33. The molecule has 0 unspecified atom stereocenters. The molecular weight excluding hydrogens is 280 g/mol. The van der Waals surface area contributed by atoms with Gasteiger partial charge in [0, 0.05) is 16.9 Å². The van der Waals surface area contributed by atoms with Crippen LogP contribution in [0.5, 0.6) is 0 Å². The highest BCUT2D eigenvalue weighted by molar-refractivity contribution is 6.31. The highest BCUT2D eigenvalue weighted by Crippen LogP contribution is 2.17. The van der Waals surface area contributed by atoms with Crippen LogP contribution in [-0.4, -0.2) is 28.5 Å². The van der Waals surface area contributed by atoms with Crippen molar-refractivity contribution in [3.63, 3.8) is 0 Å². The number of para-hydroxylation sites is 1. The maximum atomic E-state index is 12.4. The molecule has 2 rings (SSSR count). The second-order valence-electron chi connectivity index (χ2n) is 3.98. The molecule has 0 radical (unpaired) electrons. The maximum Gasteiger partial charge on any atom is 0.323 e. The third-order valence-corrected chi connectivity index (χ3v) is 2.78. The molecule has 1 aromatic heterocycles. The van der Waals surface area contributed by atoms with E-state index >= 15 is 0 Å². The van der Waals surface area contributed by atoms with Crippen molar-refractivity contribution >= 4 is 29.2 Å². The smallest absolute Gasteiger partial charge is 0.323 e. The Morgan fingerprint density at radius 1 is 1.20 bits per heavy atom. The number of nitrogens with zero attached hydrogens (tertiary/aromatic N) is 2. The number of carbonyl (C=O) groups excluding carboxylic acids is 1. The minimum Gasteiger partial charge on any atom is -0.480 e. The number of carbonyl (C=O) groups is 2. The van der Waals surface area contributed by atoms with Gasteiger partial charge in [-0.3, -0.25) is 19.5 Å². The van der Waals surface area contributed by atoms with Crippen molar-refractivity contribution in [1.82, 2.24) is 4.98 Å². The first-order valence-electron chi connectivity index (χ1n) is 5.78. The molecule has 0 aliphatic rings. The molecule has 6 heteroatoms. The van der Waals surface area contributed by atoms with Crippen molar-refractivity contribution in [1.29, 1.82) is 0 Å². The number of hydrogen-bond donors (Lipinski definition) is 1. The molecule has 0 spiro atoms. The Morgan fingerprint density at radius 3 is 2.50 bits per heavy atom. The van der Waals surface area contributed by atoms with Gasteiger partial charge in [-0.25, -0.2) is 0 Å². The fourth-order valence-corrected chi connectivity index (χ4v) is 1.84. The van der Waals surface area contributed by atoms with E-state index in [1.165, 1.54) is 12.3 Å². The van der Waals surface area contributed by atoms with Crippen LogP contribution in [0.1, 0.15) is 10.5 Å². The lowest BCUT2D eigenvalue weighted by atomic mass is 10.2. The first kappa shape index (κ1) is 14.0. The number of aromatic nitrogens is 1. The highest BCUT2D eigenvalue weighted by Gasteiger charge is 2.21. The van der Waals surface area contributed by atoms with E-state index < -0.39 is 18.4 Å². The maximum absolute atomic E-state index is 12.4. The van der Waals surface area contributed by atoms with Crippen LogP contribution in [0, 0.1) is 0 Å². The Kier molecular flexibility index (Phi) is 4.32. The van der Waals surface area contributed by atoms with Gasteiger partial charge in [-0.15, -0.1) is 0 Å². The Hall–Kier alpha value is -2.40. The van der Waals surface area contributed by atoms with E-state index in [1.807, 2.05) is 0 Å². The van der Waals surface area contributed by atoms with E-state index in [9.17, 15) is 9.59 Å². The molecule has 1 heterocycles. The standard InChI is InChI=1S/C14H11ClN2O3/c15-10-6-7-16-12(8-10)14(20)17(9-13(18)19)11-4-2-1-3-5-11/h1-8H,9H2,(H,18,19). The predicted octanol–water partition coefficient (Wildman–Crippen LogP) is 2.47. The summed E-state index contributed by atoms with van der Waals surface area (Å²) >= 11 is 5.82. The molecule has 0 fully saturated rings. The molecule has 0 saturated carbocycles. The van der Waals surface area contributed by atoms with E-state index in [2.05, 4.69) is 4.98 Å². The summed E-state index contributed by atoms with van der Waals surface area (Å²) in [5.41, 5.74) is 0.587. The first-order valence-corrected chi connectivity index (χ1v) is 6.16. The number of anilines is 1. The molecule has 1 aromatic carbocycles. The number of halogens is 1. The van der Waals surface area contributed by atoms with Crippen molar-refractivity contribution in [2.24, 2.45) is 0 Å². The molecule has 20 heavy (non-hydrogen) atoms. The first-order chi connectivity index (χ1) is 9.58. The minimum absolute atomic E-state index is 0.0996. The summed E-state index contributed by atoms with van der Waals surface area (Å²) in [4.78, 5) is 28.4. The summed E-state index contributed by atoms with van der Waals surface area (Å²) < 4.78 is 0. The molecule has 2 aromatic rings. The second kappa shape index (κ2) is 6.16. The van der Waals surface area contributed by atoms with Gasteiger partial charge in [-0.1, -0.05) is 29.8 Å². The Bertz CT molecular complexity index is 631. The molecule has 0 saturated heterocycles. The van der Waals surface area contributed by atoms with E-state index in [-0.39, 0.29) is 5.69 Å². The van der Waals surface area contributed by atoms with Crippen LogP contribution in [0.2, 0.25) is 5.02 Å². The van der Waals surface area contributed by atoms with E-state index in [0.717, 1.165) is 4.90 Å². The zero-order valence-corrected chi connectivity index (χ0v) is 11.1. The van der Waals surface area contributed by atoms with Crippen LogP contribution in [0.15, 0.2) is 48.7 Å². The molecule has 1 amide bonds. The summed E-state index contributed by atoms with van der Waals surface area (Å²) in [6.07, 6.45) is 1.40. The van der Waals surface area contributed by atoms with Crippen LogP contribution in [0.25, 0.3) is 0 Å². The van der Waals surface area contributed by atoms with E-state index in [1.54, 1.807) is 36.4 Å². The lowest BCUT2D eigenvalue weighted by Crippen LogP contribution is -2.36. The number of pyridine rings is 1. The Morgan fingerprint density at radius 2 is 1.90 bits per heavy atom. The van der Waals surface area contributed by atoms with Crippen molar-refractivity contribution in [2.75, 3.05) is 11.4 Å². The minimum atomic E-state index is -1.11. The summed E-state index contributed by atoms with van der Waals surface area (Å²) in [5.74, 6) is -1.62. The molecule has 0 aliphatic carbocycles. The van der Waals surface area contributed by atoms with Crippen LogP contribution in [-0.2, 0) is 4.79 Å². The van der Waals surface area contributed by atoms with Gasteiger partial charge in [0.25, 0.3) is 5.91 Å². The van der Waals surface area contributed by atoms with Crippen LogP contribution >= 0.6 is 11.6 Å². The molecule has 0 aliphatic heterocycles. The summed E-state index contributed by atoms with van der Waals surface area (Å²) in [6.45, 7) is -0.447. The van der Waals surface area contributed by atoms with Gasteiger partial charge >= 0.3 is 5.97 Å². The average molecular weight is 291 g/mol.